The third-order valence-electron chi connectivity index (χ3n) is 6.63. The smallest absolute Gasteiger partial charge is 0.378 e. The fourth-order valence-electron chi connectivity index (χ4n) is 4.06. The lowest BCUT2D eigenvalue weighted by molar-refractivity contribution is -0.457. The zero-order chi connectivity index (χ0) is 40.1. The van der Waals surface area contributed by atoms with Crippen molar-refractivity contribution in [2.75, 3.05) is 79.1 Å². The molecule has 0 aliphatic rings. The van der Waals surface area contributed by atoms with Crippen LogP contribution in [0.25, 0.3) is 0 Å². The largest absolute Gasteiger partial charge is 0.435 e. The highest BCUT2D eigenvalue weighted by Crippen LogP contribution is 2.56. The number of hydrogen-bond acceptors (Lipinski definition) is 7. The molecule has 0 aromatic heterocycles. The molecule has 0 spiro atoms. The Labute approximate surface area is 283 Å². The molecule has 1 aromatic carbocycles. The van der Waals surface area contributed by atoms with Gasteiger partial charge in [-0.15, -0.1) is 0 Å². The summed E-state index contributed by atoms with van der Waals surface area (Å²) in [4.78, 5) is 0.246. The van der Waals surface area contributed by atoms with Gasteiger partial charge in [-0.25, -0.2) is 0 Å². The second kappa shape index (κ2) is 19.3. The molecule has 0 atom stereocenters. The highest BCUT2D eigenvalue weighted by molar-refractivity contribution is 5.13. The molecule has 0 bridgehead atoms. The van der Waals surface area contributed by atoms with Gasteiger partial charge in [0.05, 0.1) is 66.1 Å². The summed E-state index contributed by atoms with van der Waals surface area (Å²) in [7, 11) is 0. The Morgan fingerprint density at radius 2 is 0.654 bits per heavy atom. The van der Waals surface area contributed by atoms with Gasteiger partial charge >= 0.3 is 48.3 Å². The van der Waals surface area contributed by atoms with Crippen LogP contribution in [-0.4, -0.2) is 132 Å². The van der Waals surface area contributed by atoms with Crippen LogP contribution in [-0.2, 0) is 35.0 Å². The van der Waals surface area contributed by atoms with Gasteiger partial charge in [-0.05, 0) is 5.56 Å². The maximum atomic E-state index is 13.1. The van der Waals surface area contributed by atoms with Gasteiger partial charge in [0, 0.05) is 19.6 Å². The van der Waals surface area contributed by atoms with E-state index >= 15 is 0 Å². The summed E-state index contributed by atoms with van der Waals surface area (Å²) in [5, 5.41) is 0. The van der Waals surface area contributed by atoms with Crippen LogP contribution in [0.15, 0.2) is 30.3 Å². The Balaban J connectivity index is 2.80. The van der Waals surface area contributed by atoms with Crippen molar-refractivity contribution in [3.05, 3.63) is 35.9 Å². The highest BCUT2D eigenvalue weighted by Gasteiger charge is 2.86. The van der Waals surface area contributed by atoms with Crippen LogP contribution in [0.2, 0.25) is 0 Å². The van der Waals surface area contributed by atoms with E-state index in [1.807, 2.05) is 30.3 Å². The minimum Gasteiger partial charge on any atom is -0.378 e. The molecule has 0 unspecified atom stereocenters. The summed E-state index contributed by atoms with van der Waals surface area (Å²) in [6.45, 7) is -8.85. The third kappa shape index (κ3) is 12.9. The van der Waals surface area contributed by atoms with E-state index in [4.69, 9.17) is 18.9 Å². The molecule has 1 aromatic rings. The summed E-state index contributed by atoms with van der Waals surface area (Å²) in [5.74, 6) is 0. The van der Waals surface area contributed by atoms with Crippen LogP contribution in [0.4, 0.5) is 79.0 Å². The normalized spacial score (nSPS) is 14.4. The Bertz CT molecular complexity index is 1010. The fourth-order valence-corrected chi connectivity index (χ4v) is 4.06. The van der Waals surface area contributed by atoms with Crippen LogP contribution in [0.1, 0.15) is 5.56 Å². The summed E-state index contributed by atoms with van der Waals surface area (Å²) >= 11 is 0. The summed E-state index contributed by atoms with van der Waals surface area (Å²) in [6.07, 6.45) is -43.1. The summed E-state index contributed by atoms with van der Waals surface area (Å²) in [5.41, 5.74) is -12.7. The van der Waals surface area contributed by atoms with Gasteiger partial charge in [0.2, 0.25) is 0 Å². The average molecular weight is 808 g/mol. The van der Waals surface area contributed by atoms with Crippen molar-refractivity contribution in [3.63, 3.8) is 0 Å². The first-order chi connectivity index (χ1) is 23.7. The summed E-state index contributed by atoms with van der Waals surface area (Å²) in [6, 6.07) is 9.14. The zero-order valence-electron chi connectivity index (χ0n) is 26.3. The molecule has 52 heavy (non-hydrogen) atoms. The standard InChI is InChI=1S/C27H31F18NO6/c28-22(29,30)20(23(31,32)33,24(34,35)36)51-10-7-46(8-11-52-21(25(37,38)39,26(40,41)42)27(43,44)45)6-9-47-12-13-48-14-15-49-16-17-50-18-19-4-2-1-3-5-19/h1-5H,6-18H2. The van der Waals surface area contributed by atoms with E-state index in [9.17, 15) is 79.0 Å². The molecule has 0 radical (unpaired) electrons. The summed E-state index contributed by atoms with van der Waals surface area (Å²) < 4.78 is 263. The van der Waals surface area contributed by atoms with E-state index in [0.29, 0.717) is 6.61 Å². The first-order valence-corrected chi connectivity index (χ1v) is 14.4. The predicted molar refractivity (Wildman–Crippen MR) is 139 cm³/mol. The molecule has 0 saturated carbocycles. The van der Waals surface area contributed by atoms with Crippen LogP contribution in [0.5, 0.6) is 0 Å². The van der Waals surface area contributed by atoms with Gasteiger partial charge < -0.3 is 28.4 Å². The first-order valence-electron chi connectivity index (χ1n) is 14.4. The zero-order valence-corrected chi connectivity index (χ0v) is 26.3. The highest BCUT2D eigenvalue weighted by atomic mass is 19.4. The van der Waals surface area contributed by atoms with E-state index in [-0.39, 0.29) is 44.5 Å². The average Bonchev–Trinajstić information content (AvgIpc) is 2.95. The van der Waals surface area contributed by atoms with Crippen molar-refractivity contribution < 1.29 is 107 Å². The minimum atomic E-state index is -7.19. The van der Waals surface area contributed by atoms with Crippen molar-refractivity contribution >= 4 is 0 Å². The number of benzene rings is 1. The minimum absolute atomic E-state index is 0.0123. The van der Waals surface area contributed by atoms with E-state index in [0.717, 1.165) is 5.56 Å². The SMILES string of the molecule is FC(F)(F)C(OCCN(CCOCCOCCOCCOCc1ccccc1)CCOC(C(F)(F)F)(C(F)(F)F)C(F)(F)F)(C(F)(F)F)C(F)(F)F. The maximum absolute atomic E-state index is 13.1. The Morgan fingerprint density at radius 1 is 0.365 bits per heavy atom. The first kappa shape index (κ1) is 47.7. The Morgan fingerprint density at radius 3 is 0.981 bits per heavy atom. The number of halogens is 18. The third-order valence-corrected chi connectivity index (χ3v) is 6.63. The quantitative estimate of drug-likeness (QED) is 0.0893. The molecular weight excluding hydrogens is 776 g/mol. The van der Waals surface area contributed by atoms with Crippen LogP contribution in [0, 0.1) is 0 Å². The molecule has 0 aliphatic carbocycles. The molecule has 25 heteroatoms. The van der Waals surface area contributed by atoms with Crippen molar-refractivity contribution in [2.24, 2.45) is 0 Å². The molecule has 0 aliphatic heterocycles. The lowest BCUT2D eigenvalue weighted by Crippen LogP contribution is -2.68. The molecule has 0 heterocycles. The van der Waals surface area contributed by atoms with Crippen LogP contribution >= 0.6 is 0 Å². The van der Waals surface area contributed by atoms with E-state index in [1.54, 1.807) is 0 Å². The molecule has 7 nitrogen and oxygen atoms in total. The topological polar surface area (TPSA) is 58.6 Å². The van der Waals surface area contributed by atoms with E-state index < -0.39 is 87.7 Å². The van der Waals surface area contributed by atoms with Crippen molar-refractivity contribution in [1.29, 1.82) is 0 Å². The van der Waals surface area contributed by atoms with Gasteiger partial charge in [-0.3, -0.25) is 4.90 Å². The molecule has 0 saturated heterocycles. The molecule has 1 rings (SSSR count). The van der Waals surface area contributed by atoms with Crippen LogP contribution in [0.3, 0.4) is 0 Å². The number of nitrogens with zero attached hydrogens (tertiary/aromatic N) is 1. The Hall–Kier alpha value is -2.32. The number of rotatable bonds is 22. The number of hydrogen-bond donors (Lipinski definition) is 0. The second-order valence-electron chi connectivity index (χ2n) is 10.3. The molecule has 0 N–H and O–H groups in total. The van der Waals surface area contributed by atoms with Gasteiger partial charge in [-0.2, -0.15) is 79.0 Å². The van der Waals surface area contributed by atoms with Gasteiger partial charge in [0.1, 0.15) is 0 Å². The monoisotopic (exact) mass is 807 g/mol. The fraction of sp³-hybridized carbons (Fsp3) is 0.778. The molecule has 0 fully saturated rings. The Kier molecular flexibility index (Phi) is 17.7. The van der Waals surface area contributed by atoms with Crippen molar-refractivity contribution in [2.45, 2.75) is 54.9 Å². The molecular formula is C27H31F18NO6. The molecule has 0 amide bonds. The van der Waals surface area contributed by atoms with Gasteiger partial charge in [0.15, 0.2) is 0 Å². The van der Waals surface area contributed by atoms with E-state index in [1.165, 1.54) is 0 Å². The lowest BCUT2D eigenvalue weighted by Gasteiger charge is -2.39. The molecule has 306 valence electrons. The van der Waals surface area contributed by atoms with Crippen LogP contribution < -0.4 is 0 Å². The van der Waals surface area contributed by atoms with Gasteiger partial charge in [-0.1, -0.05) is 30.3 Å². The number of alkyl halides is 18. The van der Waals surface area contributed by atoms with Crippen molar-refractivity contribution in [3.8, 4) is 0 Å². The predicted octanol–water partition coefficient (Wildman–Crippen LogP) is 7.44. The van der Waals surface area contributed by atoms with Crippen molar-refractivity contribution in [1.82, 2.24) is 4.90 Å². The number of ether oxygens (including phenoxy) is 6. The maximum Gasteiger partial charge on any atom is 0.435 e. The van der Waals surface area contributed by atoms with Gasteiger partial charge in [0.25, 0.3) is 0 Å². The lowest BCUT2D eigenvalue weighted by atomic mass is 10.0. The van der Waals surface area contributed by atoms with E-state index in [2.05, 4.69) is 9.47 Å². The second-order valence-corrected chi connectivity index (χ2v) is 10.3.